The van der Waals surface area contributed by atoms with Gasteiger partial charge < -0.3 is 14.8 Å². The van der Waals surface area contributed by atoms with Gasteiger partial charge in [0.1, 0.15) is 5.51 Å². The number of rotatable bonds is 4. The molecule has 2 aromatic rings. The number of aromatic nitrogens is 2. The summed E-state index contributed by atoms with van der Waals surface area (Å²) in [6, 6.07) is 5.34. The Morgan fingerprint density at radius 2 is 2.04 bits per heavy atom. The quantitative estimate of drug-likeness (QED) is 0.886. The third-order valence-corrected chi connectivity index (χ3v) is 4.27. The molecular formula is C16H20N4O3S. The first-order chi connectivity index (χ1) is 11.6. The maximum Gasteiger partial charge on any atom is 0.321 e. The number of carbonyl (C=O) groups is 1. The van der Waals surface area contributed by atoms with Crippen molar-refractivity contribution in [2.24, 2.45) is 5.92 Å². The lowest BCUT2D eigenvalue weighted by atomic mass is 9.96. The van der Waals surface area contributed by atoms with Crippen LogP contribution in [0.3, 0.4) is 0 Å². The molecule has 0 radical (unpaired) electrons. The normalized spacial score (nSPS) is 14.8. The number of anilines is 1. The Morgan fingerprint density at radius 3 is 2.75 bits per heavy atom. The summed E-state index contributed by atoms with van der Waals surface area (Å²) in [4.78, 5) is 12.2. The number of amides is 2. The van der Waals surface area contributed by atoms with Gasteiger partial charge in [-0.15, -0.1) is 10.2 Å². The molecule has 128 valence electrons. The summed E-state index contributed by atoms with van der Waals surface area (Å²) in [5.74, 6) is 1.67. The van der Waals surface area contributed by atoms with Crippen LogP contribution in [0.5, 0.6) is 11.5 Å². The predicted octanol–water partition coefficient (Wildman–Crippen LogP) is 3.22. The van der Waals surface area contributed by atoms with Gasteiger partial charge in [0.15, 0.2) is 11.5 Å². The van der Waals surface area contributed by atoms with Crippen molar-refractivity contribution in [3.05, 3.63) is 29.3 Å². The lowest BCUT2D eigenvalue weighted by Gasteiger charge is -2.23. The summed E-state index contributed by atoms with van der Waals surface area (Å²) >= 11 is 1.27. The third-order valence-electron chi connectivity index (χ3n) is 3.66. The van der Waals surface area contributed by atoms with Crippen LogP contribution in [0.25, 0.3) is 0 Å². The van der Waals surface area contributed by atoms with Crippen molar-refractivity contribution in [2.75, 3.05) is 18.5 Å². The van der Waals surface area contributed by atoms with Crippen LogP contribution in [-0.2, 0) is 0 Å². The second-order valence-corrected chi connectivity index (χ2v) is 6.65. The number of carbonyl (C=O) groups excluding carboxylic acids is 1. The fourth-order valence-corrected chi connectivity index (χ4v) is 2.95. The number of nitrogens with zero attached hydrogens (tertiary/aromatic N) is 2. The van der Waals surface area contributed by atoms with E-state index in [0.717, 1.165) is 23.5 Å². The zero-order valence-electron chi connectivity index (χ0n) is 13.6. The van der Waals surface area contributed by atoms with Crippen LogP contribution in [-0.4, -0.2) is 29.4 Å². The minimum atomic E-state index is -0.308. The van der Waals surface area contributed by atoms with E-state index in [9.17, 15) is 4.79 Å². The van der Waals surface area contributed by atoms with Crippen molar-refractivity contribution in [1.29, 1.82) is 0 Å². The standard InChI is InChI=1S/C16H20N4O3S/c1-10(2)14(18-15(21)19-16-20-17-9-24-16)11-4-5-12-13(8-11)23-7-3-6-22-12/h4-5,8-10,14H,3,6-7H2,1-2H3,(H2,18,19,20,21). The van der Waals surface area contributed by atoms with Crippen LogP contribution in [0.2, 0.25) is 0 Å². The zero-order valence-corrected chi connectivity index (χ0v) is 14.4. The van der Waals surface area contributed by atoms with Crippen LogP contribution in [0.4, 0.5) is 9.93 Å². The van der Waals surface area contributed by atoms with Crippen molar-refractivity contribution < 1.29 is 14.3 Å². The zero-order chi connectivity index (χ0) is 16.9. The summed E-state index contributed by atoms with van der Waals surface area (Å²) in [5.41, 5.74) is 2.54. The Bertz CT molecular complexity index is 691. The van der Waals surface area contributed by atoms with Gasteiger partial charge in [-0.3, -0.25) is 5.32 Å². The van der Waals surface area contributed by atoms with Gasteiger partial charge in [-0.1, -0.05) is 31.3 Å². The Kier molecular flexibility index (Phi) is 5.14. The van der Waals surface area contributed by atoms with E-state index in [1.165, 1.54) is 11.3 Å². The molecule has 2 N–H and O–H groups in total. The smallest absolute Gasteiger partial charge is 0.321 e. The summed E-state index contributed by atoms with van der Waals surface area (Å²) < 4.78 is 11.4. The average molecular weight is 348 g/mol. The molecule has 0 saturated heterocycles. The summed E-state index contributed by atoms with van der Waals surface area (Å²) in [6.07, 6.45) is 0.861. The number of hydrogen-bond donors (Lipinski definition) is 2. The highest BCUT2D eigenvalue weighted by molar-refractivity contribution is 7.13. The fraction of sp³-hybridized carbons (Fsp3) is 0.438. The molecule has 7 nitrogen and oxygen atoms in total. The third kappa shape index (κ3) is 3.94. The van der Waals surface area contributed by atoms with Crippen molar-refractivity contribution in [1.82, 2.24) is 15.5 Å². The molecule has 8 heteroatoms. The molecule has 1 aliphatic rings. The van der Waals surface area contributed by atoms with E-state index < -0.39 is 0 Å². The van der Waals surface area contributed by atoms with E-state index >= 15 is 0 Å². The topological polar surface area (TPSA) is 85.4 Å². The van der Waals surface area contributed by atoms with Crippen molar-refractivity contribution in [3.8, 4) is 11.5 Å². The minimum absolute atomic E-state index is 0.157. The molecule has 2 heterocycles. The molecule has 1 aromatic carbocycles. The first-order valence-corrected chi connectivity index (χ1v) is 8.74. The van der Waals surface area contributed by atoms with Gasteiger partial charge in [0.2, 0.25) is 5.13 Å². The van der Waals surface area contributed by atoms with Crippen LogP contribution in [0.1, 0.15) is 31.9 Å². The van der Waals surface area contributed by atoms with Crippen LogP contribution in [0.15, 0.2) is 23.7 Å². The largest absolute Gasteiger partial charge is 0.490 e. The summed E-state index contributed by atoms with van der Waals surface area (Å²) in [7, 11) is 0. The van der Waals surface area contributed by atoms with Gasteiger partial charge in [0, 0.05) is 6.42 Å². The second-order valence-electron chi connectivity index (χ2n) is 5.82. The van der Waals surface area contributed by atoms with E-state index in [2.05, 4.69) is 34.7 Å². The molecule has 0 aliphatic carbocycles. The van der Waals surface area contributed by atoms with Crippen LogP contribution < -0.4 is 20.1 Å². The molecule has 2 amide bonds. The number of ether oxygens (including phenoxy) is 2. The monoisotopic (exact) mass is 348 g/mol. The highest BCUT2D eigenvalue weighted by Gasteiger charge is 2.21. The number of benzene rings is 1. The number of urea groups is 1. The molecule has 3 rings (SSSR count). The second kappa shape index (κ2) is 7.48. The van der Waals surface area contributed by atoms with Gasteiger partial charge in [0.05, 0.1) is 19.3 Å². The molecule has 0 saturated carbocycles. The van der Waals surface area contributed by atoms with E-state index in [0.29, 0.717) is 18.3 Å². The SMILES string of the molecule is CC(C)C(NC(=O)Nc1nncs1)c1ccc2c(c1)OCCCO2. The van der Waals surface area contributed by atoms with Crippen molar-refractivity contribution in [2.45, 2.75) is 26.3 Å². The maximum atomic E-state index is 12.2. The van der Waals surface area contributed by atoms with E-state index in [4.69, 9.17) is 9.47 Å². The molecule has 1 aliphatic heterocycles. The molecule has 1 aromatic heterocycles. The number of nitrogens with one attached hydrogen (secondary N) is 2. The molecule has 1 atom stereocenters. The van der Waals surface area contributed by atoms with E-state index in [-0.39, 0.29) is 18.0 Å². The minimum Gasteiger partial charge on any atom is -0.490 e. The molecule has 0 bridgehead atoms. The highest BCUT2D eigenvalue weighted by atomic mass is 32.1. The number of hydrogen-bond acceptors (Lipinski definition) is 6. The van der Waals surface area contributed by atoms with E-state index in [1.54, 1.807) is 5.51 Å². The highest BCUT2D eigenvalue weighted by Crippen LogP contribution is 2.34. The van der Waals surface area contributed by atoms with Crippen LogP contribution in [0, 0.1) is 5.92 Å². The summed E-state index contributed by atoms with van der Waals surface area (Å²) in [5, 5.41) is 13.7. The Morgan fingerprint density at radius 1 is 1.25 bits per heavy atom. The molecule has 0 fully saturated rings. The van der Waals surface area contributed by atoms with Gasteiger partial charge in [0.25, 0.3) is 0 Å². The van der Waals surface area contributed by atoms with Crippen LogP contribution >= 0.6 is 11.3 Å². The Hall–Kier alpha value is -2.35. The first kappa shape index (κ1) is 16.5. The van der Waals surface area contributed by atoms with Gasteiger partial charge in [-0.2, -0.15) is 0 Å². The molecular weight excluding hydrogens is 328 g/mol. The van der Waals surface area contributed by atoms with Gasteiger partial charge in [-0.05, 0) is 23.6 Å². The van der Waals surface area contributed by atoms with Crippen molar-refractivity contribution >= 4 is 22.5 Å². The Balaban J connectivity index is 1.75. The molecule has 0 spiro atoms. The number of fused-ring (bicyclic) bond motifs is 1. The molecule has 1 unspecified atom stereocenters. The lowest BCUT2D eigenvalue weighted by Crippen LogP contribution is -2.35. The lowest BCUT2D eigenvalue weighted by molar-refractivity contribution is 0.244. The van der Waals surface area contributed by atoms with Crippen molar-refractivity contribution in [3.63, 3.8) is 0 Å². The van der Waals surface area contributed by atoms with Gasteiger partial charge in [-0.25, -0.2) is 4.79 Å². The summed E-state index contributed by atoms with van der Waals surface area (Å²) in [6.45, 7) is 5.40. The maximum absolute atomic E-state index is 12.2. The first-order valence-electron chi connectivity index (χ1n) is 7.86. The van der Waals surface area contributed by atoms with E-state index in [1.807, 2.05) is 18.2 Å². The van der Waals surface area contributed by atoms with Gasteiger partial charge >= 0.3 is 6.03 Å². The molecule has 24 heavy (non-hydrogen) atoms. The predicted molar refractivity (Wildman–Crippen MR) is 91.7 cm³/mol. The Labute approximate surface area is 144 Å². The fourth-order valence-electron chi connectivity index (χ4n) is 2.51. The average Bonchev–Trinajstić information content (AvgIpc) is 2.94.